The van der Waals surface area contributed by atoms with E-state index in [-0.39, 0.29) is 48.3 Å². The van der Waals surface area contributed by atoms with E-state index >= 15 is 0 Å². The molecule has 8 atom stereocenters. The predicted octanol–water partition coefficient (Wildman–Crippen LogP) is 3.08. The molecule has 1 aliphatic rings. The molecule has 17 heteroatoms. The molecule has 2 aromatic carbocycles. The Morgan fingerprint density at radius 3 is 1.91 bits per heavy atom. The molecule has 1 unspecified atom stereocenters. The van der Waals surface area contributed by atoms with E-state index in [1.165, 1.54) is 14.2 Å². The Balaban J connectivity index is 1.80. The highest BCUT2D eigenvalue weighted by atomic mass is 32.2. The summed E-state index contributed by atoms with van der Waals surface area (Å²) in [6.07, 6.45) is -0.348. The maximum absolute atomic E-state index is 14.3. The summed E-state index contributed by atoms with van der Waals surface area (Å²) in [4.78, 5) is 74.9. The number of methoxy groups -OCH3 is 2. The second-order valence-corrected chi connectivity index (χ2v) is 20.0. The molecule has 0 aliphatic carbocycles. The summed E-state index contributed by atoms with van der Waals surface area (Å²) in [7, 11) is 4.17. The summed E-state index contributed by atoms with van der Waals surface area (Å²) in [5, 5.41) is 5.79. The first-order valence-corrected chi connectivity index (χ1v) is 24.0. The Morgan fingerprint density at radius 1 is 0.781 bits per heavy atom. The first kappa shape index (κ1) is 53.9. The maximum Gasteiger partial charge on any atom is 0.256 e. The van der Waals surface area contributed by atoms with Crippen molar-refractivity contribution in [2.75, 3.05) is 41.9 Å². The van der Waals surface area contributed by atoms with Crippen LogP contribution in [0.5, 0.6) is 0 Å². The van der Waals surface area contributed by atoms with Gasteiger partial charge >= 0.3 is 0 Å². The zero-order valence-corrected chi connectivity index (χ0v) is 40.8. The van der Waals surface area contributed by atoms with Gasteiger partial charge in [-0.2, -0.15) is 0 Å². The zero-order chi connectivity index (χ0) is 48.1. The Hall–Kier alpha value is -4.42. The molecular weight excluding hydrogens is 839 g/mol. The molecule has 0 saturated carbocycles. The van der Waals surface area contributed by atoms with Crippen LogP contribution in [0.1, 0.15) is 84.4 Å². The van der Waals surface area contributed by atoms with Crippen molar-refractivity contribution in [3.63, 3.8) is 0 Å². The number of likely N-dealkylation sites (tertiary alicyclic amines) is 1. The monoisotopic (exact) mass is 914 g/mol. The maximum atomic E-state index is 14.3. The minimum Gasteiger partial charge on any atom is -0.379 e. The number of rotatable bonds is 24. The summed E-state index contributed by atoms with van der Waals surface area (Å²) in [6, 6.07) is 12.1. The van der Waals surface area contributed by atoms with E-state index in [0.717, 1.165) is 5.56 Å². The largest absolute Gasteiger partial charge is 0.379 e. The smallest absolute Gasteiger partial charge is 0.256 e. The molecule has 1 saturated heterocycles. The van der Waals surface area contributed by atoms with Gasteiger partial charge in [-0.1, -0.05) is 103 Å². The van der Waals surface area contributed by atoms with Crippen molar-refractivity contribution >= 4 is 39.6 Å². The van der Waals surface area contributed by atoms with Gasteiger partial charge in [-0.25, -0.2) is 8.42 Å². The molecule has 0 radical (unpaired) electrons. The standard InChI is InChI=1S/C47H75N7O9S/c1-29(2)40(50-46(58)42(31(5)6)52(8)9)47(59)53(10)41(30(3)4)38(62-11)26-39(55)54-24-16-19-37(54)43(63-12)32(7)44(56)49-36(25-33-17-14-13-15-18-33)45(57)51-64(60,61)28-35-22-20-34(27-48)21-23-35/h13-15,17-18,20-23,29-32,36-38,40-43H,16,19,24-28,48H2,1-12H3,(H,49,56)(H,50,58)(H,51,57)/t32-,36+,37+,38-,40+,41+,42?,43-/m1/s1. The van der Waals surface area contributed by atoms with Crippen LogP contribution in [0.25, 0.3) is 0 Å². The van der Waals surface area contributed by atoms with Crippen LogP contribution in [0.2, 0.25) is 0 Å². The predicted molar refractivity (Wildman–Crippen MR) is 248 cm³/mol. The quantitative estimate of drug-likeness (QED) is 0.120. The van der Waals surface area contributed by atoms with Gasteiger partial charge in [-0.3, -0.25) is 33.6 Å². The lowest BCUT2D eigenvalue weighted by molar-refractivity contribution is -0.147. The molecule has 2 aromatic rings. The van der Waals surface area contributed by atoms with Gasteiger partial charge in [0, 0.05) is 40.8 Å². The first-order chi connectivity index (χ1) is 30.1. The molecule has 0 bridgehead atoms. The lowest BCUT2D eigenvalue weighted by atomic mass is 9.91. The van der Waals surface area contributed by atoms with Crippen molar-refractivity contribution in [3.05, 3.63) is 71.3 Å². The van der Waals surface area contributed by atoms with Crippen LogP contribution >= 0.6 is 0 Å². The molecule has 3 rings (SSSR count). The van der Waals surface area contributed by atoms with Gasteiger partial charge in [0.1, 0.15) is 12.1 Å². The second kappa shape index (κ2) is 24.8. The van der Waals surface area contributed by atoms with Crippen LogP contribution in [0.4, 0.5) is 0 Å². The molecule has 358 valence electrons. The third-order valence-electron chi connectivity index (χ3n) is 12.2. The fourth-order valence-corrected chi connectivity index (χ4v) is 10.1. The molecule has 0 aromatic heterocycles. The van der Waals surface area contributed by atoms with E-state index < -0.39 is 75.9 Å². The van der Waals surface area contributed by atoms with Gasteiger partial charge in [0.25, 0.3) is 5.91 Å². The van der Waals surface area contributed by atoms with Crippen molar-refractivity contribution in [2.45, 2.75) is 129 Å². The summed E-state index contributed by atoms with van der Waals surface area (Å²) < 4.78 is 40.5. The van der Waals surface area contributed by atoms with Crippen molar-refractivity contribution in [3.8, 4) is 0 Å². The van der Waals surface area contributed by atoms with Crippen LogP contribution in [0.3, 0.4) is 0 Å². The number of nitrogens with zero attached hydrogens (tertiary/aromatic N) is 3. The van der Waals surface area contributed by atoms with Gasteiger partial charge in [0.05, 0.1) is 48.4 Å². The van der Waals surface area contributed by atoms with Crippen molar-refractivity contribution in [2.24, 2.45) is 29.4 Å². The fourth-order valence-electron chi connectivity index (χ4n) is 8.91. The number of amides is 5. The molecule has 1 fully saturated rings. The average Bonchev–Trinajstić information content (AvgIpc) is 3.71. The average molecular weight is 914 g/mol. The van der Waals surface area contributed by atoms with Crippen LogP contribution in [0, 0.1) is 23.7 Å². The number of likely N-dealkylation sites (N-methyl/N-ethyl adjacent to an activating group) is 2. The highest BCUT2D eigenvalue weighted by Crippen LogP contribution is 2.29. The molecule has 16 nitrogen and oxygen atoms in total. The number of hydrogen-bond acceptors (Lipinski definition) is 11. The van der Waals surface area contributed by atoms with Crippen molar-refractivity contribution < 1.29 is 41.9 Å². The number of hydrogen-bond donors (Lipinski definition) is 4. The fraction of sp³-hybridized carbons (Fsp3) is 0.638. The number of benzene rings is 2. The third kappa shape index (κ3) is 14.8. The SMILES string of the molecule is CO[C@H]([C@@H](C)C(=O)N[C@@H](Cc1ccccc1)C(=O)NS(=O)(=O)Cc1ccc(CN)cc1)[C@@H]1CCCN1C(=O)C[C@@H](OC)[C@H](C(C)C)N(C)C(=O)[C@@H](NC(=O)C(C(C)C)N(C)C)C(C)C. The van der Waals surface area contributed by atoms with E-state index in [9.17, 15) is 32.4 Å². The molecule has 1 aliphatic heterocycles. The Kier molecular flexibility index (Phi) is 20.9. The van der Waals surface area contributed by atoms with Gasteiger partial charge in [0.15, 0.2) is 0 Å². The summed E-state index contributed by atoms with van der Waals surface area (Å²) >= 11 is 0. The first-order valence-electron chi connectivity index (χ1n) is 22.3. The van der Waals surface area contributed by atoms with Gasteiger partial charge in [0.2, 0.25) is 33.7 Å². The molecule has 1 heterocycles. The van der Waals surface area contributed by atoms with E-state index in [1.54, 1.807) is 72.3 Å². The van der Waals surface area contributed by atoms with Gasteiger partial charge in [-0.15, -0.1) is 0 Å². The Bertz CT molecular complexity index is 1940. The molecule has 5 amide bonds. The minimum atomic E-state index is -4.16. The second-order valence-electron chi connectivity index (χ2n) is 18.3. The number of nitrogens with two attached hydrogens (primary N) is 1. The lowest BCUT2D eigenvalue weighted by Gasteiger charge is -2.40. The number of nitrogens with one attached hydrogen (secondary N) is 3. The number of ether oxygens (including phenoxy) is 2. The lowest BCUT2D eigenvalue weighted by Crippen LogP contribution is -2.59. The summed E-state index contributed by atoms with van der Waals surface area (Å²) in [6.45, 7) is 14.0. The number of carbonyl (C=O) groups is 5. The van der Waals surface area contributed by atoms with E-state index in [1.807, 2.05) is 66.6 Å². The van der Waals surface area contributed by atoms with Crippen molar-refractivity contribution in [1.29, 1.82) is 0 Å². The Labute approximate surface area is 381 Å². The van der Waals surface area contributed by atoms with Gasteiger partial charge in [-0.05, 0) is 61.4 Å². The van der Waals surface area contributed by atoms with Crippen molar-refractivity contribution in [1.82, 2.24) is 30.1 Å². The highest BCUT2D eigenvalue weighted by molar-refractivity contribution is 7.89. The van der Waals surface area contributed by atoms with Crippen LogP contribution in [-0.4, -0.2) is 137 Å². The normalized spacial score (nSPS) is 17.7. The molecule has 5 N–H and O–H groups in total. The number of sulfonamides is 1. The summed E-state index contributed by atoms with van der Waals surface area (Å²) in [5.74, 6) is -3.87. The topological polar surface area (TPSA) is 210 Å². The third-order valence-corrected chi connectivity index (χ3v) is 13.4. The minimum absolute atomic E-state index is 0.0126. The Morgan fingerprint density at radius 2 is 1.39 bits per heavy atom. The summed E-state index contributed by atoms with van der Waals surface area (Å²) in [5.41, 5.74) is 7.67. The van der Waals surface area contributed by atoms with E-state index in [2.05, 4.69) is 15.4 Å². The number of carbonyl (C=O) groups excluding carboxylic acids is 5. The van der Waals surface area contributed by atoms with Gasteiger partial charge < -0.3 is 35.6 Å². The van der Waals surface area contributed by atoms with E-state index in [4.69, 9.17) is 15.2 Å². The van der Waals surface area contributed by atoms with Crippen LogP contribution in [-0.2, 0) is 62.2 Å². The van der Waals surface area contributed by atoms with Crippen LogP contribution < -0.4 is 21.1 Å². The molecule has 0 spiro atoms. The molecular formula is C47H75N7O9S. The van der Waals surface area contributed by atoms with Crippen LogP contribution in [0.15, 0.2) is 54.6 Å². The van der Waals surface area contributed by atoms with E-state index in [0.29, 0.717) is 37.1 Å². The zero-order valence-electron chi connectivity index (χ0n) is 40.0. The molecule has 64 heavy (non-hydrogen) atoms. The highest BCUT2D eigenvalue weighted by Gasteiger charge is 2.43.